The third kappa shape index (κ3) is 7.06. The number of benzene rings is 3. The van der Waals surface area contributed by atoms with Gasteiger partial charge in [-0.15, -0.1) is 0 Å². The Morgan fingerprint density at radius 3 is 1.77 bits per heavy atom. The third-order valence-electron chi connectivity index (χ3n) is 6.95. The number of unbranched alkanes of at least 4 members (excludes halogenated alkanes) is 1. The van der Waals surface area contributed by atoms with Gasteiger partial charge in [0.05, 0.1) is 0 Å². The largest absolute Gasteiger partial charge is 0.492 e. The van der Waals surface area contributed by atoms with Crippen LogP contribution >= 0.6 is 0 Å². The van der Waals surface area contributed by atoms with Crippen LogP contribution in [0.5, 0.6) is 5.75 Å². The van der Waals surface area contributed by atoms with Gasteiger partial charge < -0.3 is 9.64 Å². The van der Waals surface area contributed by atoms with Crippen molar-refractivity contribution < 1.29 is 4.74 Å². The second-order valence-corrected chi connectivity index (χ2v) is 9.35. The highest BCUT2D eigenvalue weighted by Crippen LogP contribution is 2.34. The van der Waals surface area contributed by atoms with Gasteiger partial charge >= 0.3 is 0 Å². The zero-order chi connectivity index (χ0) is 24.3. The van der Waals surface area contributed by atoms with E-state index >= 15 is 0 Å². The highest BCUT2D eigenvalue weighted by atomic mass is 16.5. The predicted molar refractivity (Wildman–Crippen MR) is 149 cm³/mol. The summed E-state index contributed by atoms with van der Waals surface area (Å²) in [4.78, 5) is 5.12. The average Bonchev–Trinajstić information content (AvgIpc) is 2.93. The maximum absolute atomic E-state index is 6.14. The van der Waals surface area contributed by atoms with Gasteiger partial charge in [-0.2, -0.15) is 0 Å². The van der Waals surface area contributed by atoms with Crippen LogP contribution in [0.1, 0.15) is 49.8 Å². The summed E-state index contributed by atoms with van der Waals surface area (Å²) >= 11 is 0. The van der Waals surface area contributed by atoms with E-state index in [9.17, 15) is 0 Å². The Morgan fingerprint density at radius 2 is 1.20 bits per heavy atom. The maximum Gasteiger partial charge on any atom is 0.119 e. The molecule has 4 rings (SSSR count). The van der Waals surface area contributed by atoms with Crippen molar-refractivity contribution in [3.8, 4) is 5.75 Å². The Balaban J connectivity index is 1.42. The summed E-state index contributed by atoms with van der Waals surface area (Å²) in [6, 6.07) is 30.2. The van der Waals surface area contributed by atoms with Gasteiger partial charge in [-0.25, -0.2) is 0 Å². The van der Waals surface area contributed by atoms with E-state index < -0.39 is 0 Å². The van der Waals surface area contributed by atoms with Crippen molar-refractivity contribution in [1.82, 2.24) is 9.80 Å². The van der Waals surface area contributed by atoms with Crippen LogP contribution in [0.4, 0.5) is 0 Å². The Labute approximate surface area is 212 Å². The topological polar surface area (TPSA) is 15.7 Å². The molecule has 0 atom stereocenters. The van der Waals surface area contributed by atoms with E-state index in [2.05, 4.69) is 109 Å². The fourth-order valence-electron chi connectivity index (χ4n) is 4.91. The van der Waals surface area contributed by atoms with Crippen molar-refractivity contribution in [3.63, 3.8) is 0 Å². The van der Waals surface area contributed by atoms with Crippen molar-refractivity contribution >= 4 is 11.1 Å². The van der Waals surface area contributed by atoms with Crippen molar-refractivity contribution in [1.29, 1.82) is 0 Å². The normalized spacial score (nSPS) is 15.6. The molecule has 1 heterocycles. The summed E-state index contributed by atoms with van der Waals surface area (Å²) in [6.45, 7) is 12.2. The summed E-state index contributed by atoms with van der Waals surface area (Å²) in [6.07, 6.45) is 3.56. The van der Waals surface area contributed by atoms with E-state index in [0.717, 1.165) is 38.4 Å². The first kappa shape index (κ1) is 25.2. The molecule has 3 nitrogen and oxygen atoms in total. The molecule has 0 unspecified atom stereocenters. The summed E-state index contributed by atoms with van der Waals surface area (Å²) in [5.41, 5.74) is 6.42. The molecule has 0 amide bonds. The van der Waals surface area contributed by atoms with E-state index in [4.69, 9.17) is 4.74 Å². The molecule has 3 aromatic rings. The highest BCUT2D eigenvalue weighted by Gasteiger charge is 2.16. The molecule has 0 bridgehead atoms. The molecular weight excluding hydrogens is 428 g/mol. The second kappa shape index (κ2) is 13.3. The Hall–Kier alpha value is -2.88. The minimum absolute atomic E-state index is 0.736. The molecule has 184 valence electrons. The molecule has 0 N–H and O–H groups in total. The zero-order valence-corrected chi connectivity index (χ0v) is 21.5. The maximum atomic E-state index is 6.14. The van der Waals surface area contributed by atoms with Crippen LogP contribution in [0.3, 0.4) is 0 Å². The van der Waals surface area contributed by atoms with Crippen molar-refractivity contribution in [2.45, 2.75) is 33.1 Å². The van der Waals surface area contributed by atoms with E-state index in [-0.39, 0.29) is 0 Å². The van der Waals surface area contributed by atoms with Gasteiger partial charge in [-0.3, -0.25) is 4.90 Å². The average molecular weight is 469 g/mol. The summed E-state index contributed by atoms with van der Waals surface area (Å²) in [5, 5.41) is 0. The zero-order valence-electron chi connectivity index (χ0n) is 21.5. The molecule has 0 spiro atoms. The van der Waals surface area contributed by atoms with Crippen LogP contribution in [-0.4, -0.2) is 55.7 Å². The summed E-state index contributed by atoms with van der Waals surface area (Å²) in [5.74, 6) is 0.945. The van der Waals surface area contributed by atoms with Crippen molar-refractivity contribution in [3.05, 3.63) is 102 Å². The molecule has 1 fully saturated rings. The lowest BCUT2D eigenvalue weighted by atomic mass is 9.88. The van der Waals surface area contributed by atoms with Crippen LogP contribution < -0.4 is 4.74 Å². The smallest absolute Gasteiger partial charge is 0.119 e. The molecule has 3 heteroatoms. The monoisotopic (exact) mass is 468 g/mol. The first-order chi connectivity index (χ1) is 17.3. The Kier molecular flexibility index (Phi) is 9.56. The molecule has 3 aromatic carbocycles. The second-order valence-electron chi connectivity index (χ2n) is 9.35. The Bertz CT molecular complexity index is 1040. The molecular formula is C32H40N2O. The van der Waals surface area contributed by atoms with Crippen molar-refractivity contribution in [2.75, 3.05) is 45.9 Å². The van der Waals surface area contributed by atoms with Gasteiger partial charge in [-0.05, 0) is 59.4 Å². The van der Waals surface area contributed by atoms with E-state index in [1.807, 2.05) is 0 Å². The number of allylic oxidation sites excluding steroid dienone is 1. The number of nitrogens with zero attached hydrogens (tertiary/aromatic N) is 2. The highest BCUT2D eigenvalue weighted by molar-refractivity contribution is 5.98. The van der Waals surface area contributed by atoms with E-state index in [1.54, 1.807) is 0 Å². The standard InChI is InChI=1S/C32H40N2O/c1-3-5-20-33-21-23-34(24-22-33)25-26-35-30-18-16-29(17-19-30)32(28-14-10-7-11-15-28)31(4-2)27-12-8-6-9-13-27/h6-19H,3-5,20-26H2,1-2H3/b32-31-. The van der Waals surface area contributed by atoms with Gasteiger partial charge in [0.2, 0.25) is 0 Å². The number of rotatable bonds is 11. The van der Waals surface area contributed by atoms with E-state index in [1.165, 1.54) is 60.3 Å². The van der Waals surface area contributed by atoms with Gasteiger partial charge in [-0.1, -0.05) is 93.1 Å². The van der Waals surface area contributed by atoms with Gasteiger partial charge in [0.1, 0.15) is 12.4 Å². The predicted octanol–water partition coefficient (Wildman–Crippen LogP) is 6.85. The fraction of sp³-hybridized carbons (Fsp3) is 0.375. The third-order valence-corrected chi connectivity index (χ3v) is 6.95. The lowest BCUT2D eigenvalue weighted by molar-refractivity contribution is 0.116. The first-order valence-corrected chi connectivity index (χ1v) is 13.3. The van der Waals surface area contributed by atoms with Crippen LogP contribution in [-0.2, 0) is 0 Å². The summed E-state index contributed by atoms with van der Waals surface area (Å²) < 4.78 is 6.14. The lowest BCUT2D eigenvalue weighted by Crippen LogP contribution is -2.47. The molecule has 0 aliphatic carbocycles. The molecule has 0 radical (unpaired) electrons. The Morgan fingerprint density at radius 1 is 0.657 bits per heavy atom. The number of hydrogen-bond donors (Lipinski definition) is 0. The van der Waals surface area contributed by atoms with Crippen LogP contribution in [0, 0.1) is 0 Å². The van der Waals surface area contributed by atoms with Crippen LogP contribution in [0.2, 0.25) is 0 Å². The summed E-state index contributed by atoms with van der Waals surface area (Å²) in [7, 11) is 0. The fourth-order valence-corrected chi connectivity index (χ4v) is 4.91. The van der Waals surface area contributed by atoms with Crippen molar-refractivity contribution in [2.24, 2.45) is 0 Å². The number of piperazine rings is 1. The minimum Gasteiger partial charge on any atom is -0.492 e. The molecule has 1 aliphatic heterocycles. The molecule has 0 saturated carbocycles. The van der Waals surface area contributed by atoms with Gasteiger partial charge in [0.25, 0.3) is 0 Å². The first-order valence-electron chi connectivity index (χ1n) is 13.3. The lowest BCUT2D eigenvalue weighted by Gasteiger charge is -2.34. The number of hydrogen-bond acceptors (Lipinski definition) is 3. The van der Waals surface area contributed by atoms with E-state index in [0.29, 0.717) is 0 Å². The minimum atomic E-state index is 0.736. The molecule has 1 saturated heterocycles. The molecule has 1 aliphatic rings. The van der Waals surface area contributed by atoms with Gasteiger partial charge in [0.15, 0.2) is 0 Å². The molecule has 0 aromatic heterocycles. The van der Waals surface area contributed by atoms with Crippen LogP contribution in [0.25, 0.3) is 11.1 Å². The SMILES string of the molecule is CCCCN1CCN(CCOc2ccc(/C(=C(/CC)c3ccccc3)c3ccccc3)cc2)CC1. The molecule has 35 heavy (non-hydrogen) atoms. The van der Waals surface area contributed by atoms with Crippen LogP contribution in [0.15, 0.2) is 84.9 Å². The quantitative estimate of drug-likeness (QED) is 0.286. The van der Waals surface area contributed by atoms with Gasteiger partial charge in [0, 0.05) is 32.7 Å². The number of ether oxygens (including phenoxy) is 1.